The molecule has 0 fully saturated rings. The average molecular weight is 519 g/mol. The van der Waals surface area contributed by atoms with Gasteiger partial charge in [-0.15, -0.1) is 0 Å². The first-order chi connectivity index (χ1) is 15.7. The van der Waals surface area contributed by atoms with Crippen molar-refractivity contribution in [2.45, 2.75) is 109 Å². The summed E-state index contributed by atoms with van der Waals surface area (Å²) in [6, 6.07) is 0.710. The Morgan fingerprint density at radius 2 is 1.03 bits per heavy atom. The fourth-order valence-electron chi connectivity index (χ4n) is 3.49. The quantitative estimate of drug-likeness (QED) is 0.0974. The number of rotatable bonds is 24. The van der Waals surface area contributed by atoms with Gasteiger partial charge in [0, 0.05) is 81.2 Å². The molecular weight excluding hydrogens is 457 g/mol. The fraction of sp³-hybridized carbons (Fsp3) is 1.00. The molecule has 0 aromatic rings. The monoisotopic (exact) mass is 518 g/mol. The maximum atomic E-state index is 5.46. The summed E-state index contributed by atoms with van der Waals surface area (Å²) in [5.41, 5.74) is 20.8. The van der Waals surface area contributed by atoms with Crippen LogP contribution in [0, 0.1) is 0 Å². The van der Waals surface area contributed by atoms with Crippen LogP contribution in [0.4, 0.5) is 0 Å². The van der Waals surface area contributed by atoms with Crippen molar-refractivity contribution in [2.24, 2.45) is 22.9 Å². The summed E-state index contributed by atoms with van der Waals surface area (Å²) >= 11 is 0. The van der Waals surface area contributed by atoms with Gasteiger partial charge in [-0.3, -0.25) is 0 Å². The van der Waals surface area contributed by atoms with E-state index in [1.807, 2.05) is 0 Å². The van der Waals surface area contributed by atoms with Crippen molar-refractivity contribution in [3.8, 4) is 0 Å². The van der Waals surface area contributed by atoms with Crippen molar-refractivity contribution in [1.82, 2.24) is 16.0 Å². The Morgan fingerprint density at radius 3 is 1.52 bits per heavy atom. The van der Waals surface area contributed by atoms with Gasteiger partial charge >= 0.3 is 0 Å². The summed E-state index contributed by atoms with van der Waals surface area (Å²) in [6.45, 7) is 11.4. The predicted molar refractivity (Wildman–Crippen MR) is 144 cm³/mol. The van der Waals surface area contributed by atoms with Crippen LogP contribution in [-0.2, 0) is 16.8 Å². The molecule has 0 rings (SSSR count). The summed E-state index contributed by atoms with van der Waals surface area (Å²) in [5.74, 6) is 0. The van der Waals surface area contributed by atoms with Crippen molar-refractivity contribution >= 4 is 0 Å². The van der Waals surface area contributed by atoms with E-state index in [9.17, 15) is 0 Å². The van der Waals surface area contributed by atoms with E-state index >= 15 is 0 Å². The van der Waals surface area contributed by atoms with Gasteiger partial charge in [-0.25, -0.2) is 0 Å². The number of nitrogens with one attached hydrogen (secondary N) is 3. The van der Waals surface area contributed by atoms with Gasteiger partial charge in [-0.2, -0.15) is 0 Å². The van der Waals surface area contributed by atoms with Crippen LogP contribution in [0.1, 0.15) is 97.3 Å². The molecule has 7 nitrogen and oxygen atoms in total. The van der Waals surface area contributed by atoms with Crippen molar-refractivity contribution in [1.29, 1.82) is 0 Å². The van der Waals surface area contributed by atoms with Crippen LogP contribution >= 0.6 is 0 Å². The SMILES string of the molecule is CCCCCCCCCCCC(CCCC)NCCNCCNCCN.NCC(N)CN.[Co]. The normalized spacial score (nSPS) is 11.7. The zero-order valence-corrected chi connectivity index (χ0v) is 23.2. The molecule has 0 spiro atoms. The molecular formula is C25H61CoN7. The van der Waals surface area contributed by atoms with Crippen LogP contribution in [0.2, 0.25) is 0 Å². The van der Waals surface area contributed by atoms with Crippen LogP contribution in [0.3, 0.4) is 0 Å². The second kappa shape index (κ2) is 34.4. The molecule has 0 saturated heterocycles. The third-order valence-corrected chi connectivity index (χ3v) is 5.70. The van der Waals surface area contributed by atoms with Crippen LogP contribution in [-0.4, -0.2) is 64.4 Å². The first-order valence-corrected chi connectivity index (χ1v) is 13.7. The second-order valence-corrected chi connectivity index (χ2v) is 8.93. The minimum Gasteiger partial charge on any atom is -0.329 e. The van der Waals surface area contributed by atoms with Crippen molar-refractivity contribution in [3.05, 3.63) is 0 Å². The molecule has 0 bridgehead atoms. The van der Waals surface area contributed by atoms with E-state index in [4.69, 9.17) is 22.9 Å². The van der Waals surface area contributed by atoms with Crippen LogP contribution in [0.15, 0.2) is 0 Å². The van der Waals surface area contributed by atoms with Gasteiger partial charge < -0.3 is 38.9 Å². The summed E-state index contributed by atoms with van der Waals surface area (Å²) in [4.78, 5) is 0. The molecule has 0 aromatic carbocycles. The Morgan fingerprint density at radius 1 is 0.576 bits per heavy atom. The zero-order chi connectivity index (χ0) is 24.1. The third-order valence-electron chi connectivity index (χ3n) is 5.70. The van der Waals surface area contributed by atoms with Crippen molar-refractivity contribution in [3.63, 3.8) is 0 Å². The molecule has 8 heteroatoms. The third kappa shape index (κ3) is 34.5. The molecule has 0 amide bonds. The topological polar surface area (TPSA) is 140 Å². The molecule has 11 N–H and O–H groups in total. The van der Waals surface area contributed by atoms with E-state index in [1.54, 1.807) is 0 Å². The Bertz CT molecular complexity index is 321. The minimum atomic E-state index is -0.00926. The van der Waals surface area contributed by atoms with Gasteiger partial charge in [-0.05, 0) is 12.8 Å². The van der Waals surface area contributed by atoms with E-state index in [-0.39, 0.29) is 22.8 Å². The Labute approximate surface area is 217 Å². The molecule has 0 aromatic heterocycles. The first kappa shape index (κ1) is 37.8. The summed E-state index contributed by atoms with van der Waals surface area (Å²) in [7, 11) is 0. The van der Waals surface area contributed by atoms with E-state index in [0.717, 1.165) is 45.3 Å². The predicted octanol–water partition coefficient (Wildman–Crippen LogP) is 2.42. The molecule has 1 radical (unpaired) electrons. The fourth-order valence-corrected chi connectivity index (χ4v) is 3.49. The Hall–Kier alpha value is 0.226. The number of hydrogen-bond acceptors (Lipinski definition) is 7. The van der Waals surface area contributed by atoms with E-state index < -0.39 is 0 Å². The molecule has 0 aliphatic rings. The molecule has 0 heterocycles. The van der Waals surface area contributed by atoms with E-state index in [2.05, 4.69) is 29.8 Å². The van der Waals surface area contributed by atoms with Gasteiger partial charge in [0.25, 0.3) is 0 Å². The van der Waals surface area contributed by atoms with Gasteiger partial charge in [0.2, 0.25) is 0 Å². The Kier molecular flexibility index (Phi) is 39.4. The number of unbranched alkanes of at least 4 members (excludes halogenated alkanes) is 9. The van der Waals surface area contributed by atoms with E-state index in [1.165, 1.54) is 83.5 Å². The van der Waals surface area contributed by atoms with E-state index in [0.29, 0.717) is 13.1 Å². The summed E-state index contributed by atoms with van der Waals surface area (Å²) < 4.78 is 0. The van der Waals surface area contributed by atoms with Gasteiger partial charge in [0.15, 0.2) is 0 Å². The molecule has 0 saturated carbocycles. The number of nitrogens with two attached hydrogens (primary N) is 4. The second-order valence-electron chi connectivity index (χ2n) is 8.93. The molecule has 205 valence electrons. The van der Waals surface area contributed by atoms with Gasteiger partial charge in [0.1, 0.15) is 0 Å². The van der Waals surface area contributed by atoms with Crippen molar-refractivity contribution < 1.29 is 16.8 Å². The maximum absolute atomic E-state index is 5.46. The molecule has 33 heavy (non-hydrogen) atoms. The molecule has 0 aliphatic carbocycles. The van der Waals surface area contributed by atoms with Gasteiger partial charge in [0.05, 0.1) is 0 Å². The standard InChI is InChI=1S/C22H50N4.C3H11N3.Co/c1-3-5-7-8-9-10-11-12-13-15-22(14-6-4-2)26-21-20-25-19-18-24-17-16-23;4-1-3(6)2-5;/h22,24-26H,3-21,23H2,1-2H3;3H,1-2,4-6H2;. The zero-order valence-electron chi connectivity index (χ0n) is 22.1. The minimum absolute atomic E-state index is 0. The van der Waals surface area contributed by atoms with Crippen LogP contribution < -0.4 is 38.9 Å². The van der Waals surface area contributed by atoms with Crippen LogP contribution in [0.25, 0.3) is 0 Å². The largest absolute Gasteiger partial charge is 0.329 e. The van der Waals surface area contributed by atoms with Crippen LogP contribution in [0.5, 0.6) is 0 Å². The summed E-state index contributed by atoms with van der Waals surface area (Å²) in [5, 5.41) is 10.6. The first-order valence-electron chi connectivity index (χ1n) is 13.7. The maximum Gasteiger partial charge on any atom is 0.0287 e. The molecule has 1 atom stereocenters. The smallest absolute Gasteiger partial charge is 0.0287 e. The number of hydrogen-bond donors (Lipinski definition) is 7. The van der Waals surface area contributed by atoms with Crippen molar-refractivity contribution in [2.75, 3.05) is 52.4 Å². The molecule has 1 unspecified atom stereocenters. The Balaban J connectivity index is -0.00000113. The molecule has 0 aliphatic heterocycles. The summed E-state index contributed by atoms with van der Waals surface area (Å²) in [6.07, 6.45) is 18.2. The van der Waals surface area contributed by atoms with Gasteiger partial charge in [-0.1, -0.05) is 84.5 Å². The average Bonchev–Trinajstić information content (AvgIpc) is 2.82.